The summed E-state index contributed by atoms with van der Waals surface area (Å²) in [4.78, 5) is 8.03. The van der Waals surface area contributed by atoms with Gasteiger partial charge in [0.25, 0.3) is 0 Å². The van der Waals surface area contributed by atoms with Crippen LogP contribution in [0, 0.1) is 4.64 Å². The van der Waals surface area contributed by atoms with Gasteiger partial charge in [0.05, 0.1) is 23.6 Å². The molecule has 1 aliphatic rings. The molecule has 0 amide bonds. The second-order valence-corrected chi connectivity index (χ2v) is 9.63. The van der Waals surface area contributed by atoms with E-state index in [1.165, 1.54) is 16.1 Å². The van der Waals surface area contributed by atoms with Crippen molar-refractivity contribution in [2.45, 2.75) is 15.8 Å². The number of aromatic nitrogens is 2. The summed E-state index contributed by atoms with van der Waals surface area (Å²) in [5.41, 5.74) is 1.85. The summed E-state index contributed by atoms with van der Waals surface area (Å²) in [7, 11) is -3.50. The van der Waals surface area contributed by atoms with Crippen LogP contribution in [0.4, 0.5) is 0 Å². The number of rotatable bonds is 5. The van der Waals surface area contributed by atoms with Gasteiger partial charge in [-0.3, -0.25) is 0 Å². The fourth-order valence-corrected chi connectivity index (χ4v) is 5.65. The van der Waals surface area contributed by atoms with E-state index in [0.717, 1.165) is 16.5 Å². The molecule has 1 aromatic heterocycles. The molecular weight excluding hydrogens is 414 g/mol. The number of morpholine rings is 1. The van der Waals surface area contributed by atoms with Gasteiger partial charge in [0.2, 0.25) is 10.0 Å². The first-order chi connectivity index (χ1) is 13.5. The van der Waals surface area contributed by atoms with E-state index in [9.17, 15) is 8.42 Å². The third-order valence-electron chi connectivity index (χ3n) is 4.48. The Bertz CT molecular complexity index is 1160. The Morgan fingerprint density at radius 1 is 1.14 bits per heavy atom. The highest BCUT2D eigenvalue weighted by Gasteiger charge is 2.26. The van der Waals surface area contributed by atoms with Crippen molar-refractivity contribution < 1.29 is 13.2 Å². The average Bonchev–Trinajstić information content (AvgIpc) is 2.73. The minimum atomic E-state index is -3.50. The van der Waals surface area contributed by atoms with E-state index in [1.54, 1.807) is 18.2 Å². The lowest BCUT2D eigenvalue weighted by Crippen LogP contribution is -2.40. The third-order valence-corrected chi connectivity index (χ3v) is 7.63. The maximum Gasteiger partial charge on any atom is 0.243 e. The van der Waals surface area contributed by atoms with Crippen LogP contribution >= 0.6 is 24.0 Å². The van der Waals surface area contributed by atoms with Crippen LogP contribution in [0.3, 0.4) is 0 Å². The van der Waals surface area contributed by atoms with Crippen molar-refractivity contribution in [1.82, 2.24) is 14.3 Å². The fourth-order valence-electron chi connectivity index (χ4n) is 3.03. The fraction of sp³-hybridized carbons (Fsp3) is 0.263. The lowest BCUT2D eigenvalue weighted by Gasteiger charge is -2.26. The van der Waals surface area contributed by atoms with Crippen LogP contribution in [0.5, 0.6) is 0 Å². The zero-order valence-corrected chi connectivity index (χ0v) is 17.4. The Hall–Kier alpha value is -1.78. The van der Waals surface area contributed by atoms with E-state index in [2.05, 4.69) is 9.97 Å². The second-order valence-electron chi connectivity index (χ2n) is 6.35. The van der Waals surface area contributed by atoms with Gasteiger partial charge in [0, 0.05) is 24.2 Å². The van der Waals surface area contributed by atoms with Crippen LogP contribution in [0.25, 0.3) is 10.9 Å². The lowest BCUT2D eigenvalue weighted by molar-refractivity contribution is 0.0730. The molecule has 0 bridgehead atoms. The summed E-state index contributed by atoms with van der Waals surface area (Å²) in [5.74, 6) is 0.586. The quantitative estimate of drug-likeness (QED) is 0.376. The molecule has 0 spiro atoms. The van der Waals surface area contributed by atoms with E-state index in [0.29, 0.717) is 46.7 Å². The first kappa shape index (κ1) is 19.5. The van der Waals surface area contributed by atoms with E-state index in [1.807, 2.05) is 30.3 Å². The van der Waals surface area contributed by atoms with Crippen molar-refractivity contribution in [2.24, 2.45) is 0 Å². The number of nitrogens with zero attached hydrogens (tertiary/aromatic N) is 2. The van der Waals surface area contributed by atoms with E-state index in [4.69, 9.17) is 17.0 Å². The minimum absolute atomic E-state index is 0.312. The molecule has 2 aromatic carbocycles. The third kappa shape index (κ3) is 4.13. The Balaban J connectivity index is 1.53. The monoisotopic (exact) mass is 433 g/mol. The topological polar surface area (TPSA) is 75.3 Å². The molecule has 0 saturated carbocycles. The normalized spacial score (nSPS) is 15.7. The predicted molar refractivity (Wildman–Crippen MR) is 113 cm³/mol. The number of hydrogen-bond donors (Lipinski definition) is 1. The zero-order chi connectivity index (χ0) is 19.6. The highest BCUT2D eigenvalue weighted by molar-refractivity contribution is 7.98. The highest BCUT2D eigenvalue weighted by atomic mass is 32.2. The van der Waals surface area contributed by atoms with Gasteiger partial charge < -0.3 is 9.72 Å². The molecule has 1 saturated heterocycles. The van der Waals surface area contributed by atoms with Crippen LogP contribution in [-0.4, -0.2) is 49.0 Å². The number of benzene rings is 2. The van der Waals surface area contributed by atoms with Crippen molar-refractivity contribution >= 4 is 44.9 Å². The van der Waals surface area contributed by atoms with Crippen molar-refractivity contribution in [3.05, 3.63) is 58.7 Å². The van der Waals surface area contributed by atoms with Gasteiger partial charge in [-0.2, -0.15) is 4.31 Å². The van der Waals surface area contributed by atoms with Gasteiger partial charge >= 0.3 is 0 Å². The molecule has 146 valence electrons. The summed E-state index contributed by atoms with van der Waals surface area (Å²) in [6, 6.07) is 14.8. The first-order valence-electron chi connectivity index (χ1n) is 8.83. The SMILES string of the molecule is O=S(=O)(c1cccc(CSc2nc(=S)c3ccccc3[nH]2)c1)N1CCOCC1. The number of thioether (sulfide) groups is 1. The molecule has 1 N–H and O–H groups in total. The van der Waals surface area contributed by atoms with Crippen LogP contribution in [0.1, 0.15) is 5.56 Å². The Morgan fingerprint density at radius 3 is 2.75 bits per heavy atom. The number of sulfonamides is 1. The molecular formula is C19H19N3O3S3. The van der Waals surface area contributed by atoms with Gasteiger partial charge in [-0.05, 0) is 29.8 Å². The minimum Gasteiger partial charge on any atom is -0.379 e. The number of para-hydroxylation sites is 1. The van der Waals surface area contributed by atoms with Gasteiger partial charge in [0.1, 0.15) is 4.64 Å². The van der Waals surface area contributed by atoms with Gasteiger partial charge in [-0.25, -0.2) is 13.4 Å². The molecule has 0 aliphatic carbocycles. The largest absolute Gasteiger partial charge is 0.379 e. The summed E-state index contributed by atoms with van der Waals surface area (Å²) in [5, 5.41) is 1.63. The Kier molecular flexibility index (Phi) is 5.79. The molecule has 2 heterocycles. The predicted octanol–water partition coefficient (Wildman–Crippen LogP) is 3.61. The number of nitrogens with one attached hydrogen (secondary N) is 1. The molecule has 0 atom stereocenters. The average molecular weight is 434 g/mol. The van der Waals surface area contributed by atoms with Crippen LogP contribution in [0.2, 0.25) is 0 Å². The zero-order valence-electron chi connectivity index (χ0n) is 15.0. The molecule has 6 nitrogen and oxygen atoms in total. The molecule has 1 aliphatic heterocycles. The second kappa shape index (κ2) is 8.30. The van der Waals surface area contributed by atoms with E-state index in [-0.39, 0.29) is 0 Å². The summed E-state index contributed by atoms with van der Waals surface area (Å²) in [6.07, 6.45) is 0. The number of hydrogen-bond acceptors (Lipinski definition) is 6. The summed E-state index contributed by atoms with van der Waals surface area (Å²) in [6.45, 7) is 1.64. The van der Waals surface area contributed by atoms with Crippen molar-refractivity contribution in [1.29, 1.82) is 0 Å². The summed E-state index contributed by atoms with van der Waals surface area (Å²) >= 11 is 6.87. The van der Waals surface area contributed by atoms with Crippen LogP contribution in [0.15, 0.2) is 58.6 Å². The maximum atomic E-state index is 12.8. The van der Waals surface area contributed by atoms with Gasteiger partial charge in [0.15, 0.2) is 5.16 Å². The standard InChI is InChI=1S/C19H19N3O3S3/c23-28(24,22-8-10-25-11-9-22)15-5-3-4-14(12-15)13-27-19-20-17-7-2-1-6-16(17)18(26)21-19/h1-7,12H,8-11,13H2,(H,20,21,26). The number of H-pyrrole nitrogens is 1. The first-order valence-corrected chi connectivity index (χ1v) is 11.7. The van der Waals surface area contributed by atoms with Gasteiger partial charge in [-0.1, -0.05) is 48.2 Å². The van der Waals surface area contributed by atoms with E-state index >= 15 is 0 Å². The number of ether oxygens (including phenoxy) is 1. The summed E-state index contributed by atoms with van der Waals surface area (Å²) < 4.78 is 33.0. The van der Waals surface area contributed by atoms with Crippen LogP contribution < -0.4 is 0 Å². The smallest absolute Gasteiger partial charge is 0.243 e. The van der Waals surface area contributed by atoms with Crippen molar-refractivity contribution in [2.75, 3.05) is 26.3 Å². The molecule has 28 heavy (non-hydrogen) atoms. The molecule has 1 fully saturated rings. The highest BCUT2D eigenvalue weighted by Crippen LogP contribution is 2.24. The van der Waals surface area contributed by atoms with E-state index < -0.39 is 10.0 Å². The molecule has 3 aromatic rings. The molecule has 9 heteroatoms. The van der Waals surface area contributed by atoms with Crippen molar-refractivity contribution in [3.8, 4) is 0 Å². The maximum absolute atomic E-state index is 12.8. The van der Waals surface area contributed by atoms with Crippen molar-refractivity contribution in [3.63, 3.8) is 0 Å². The molecule has 0 radical (unpaired) electrons. The molecule has 0 unspecified atom stereocenters. The van der Waals surface area contributed by atoms with Crippen LogP contribution in [-0.2, 0) is 20.5 Å². The van der Waals surface area contributed by atoms with Gasteiger partial charge in [-0.15, -0.1) is 0 Å². The lowest BCUT2D eigenvalue weighted by atomic mass is 10.2. The Labute approximate surface area is 173 Å². The molecule has 4 rings (SSSR count). The number of fused-ring (bicyclic) bond motifs is 1. The number of aromatic amines is 1. The Morgan fingerprint density at radius 2 is 1.93 bits per heavy atom.